The molecule has 0 bridgehead atoms. The number of piperazine rings is 1. The summed E-state index contributed by atoms with van der Waals surface area (Å²) in [4.78, 5) is 8.73. The minimum absolute atomic E-state index is 0.587. The van der Waals surface area contributed by atoms with Crippen LogP contribution in [0.1, 0.15) is 18.4 Å². The zero-order valence-electron chi connectivity index (χ0n) is 17.2. The number of alkyl halides is 3. The first-order valence-electron chi connectivity index (χ1n) is 10.5. The van der Waals surface area contributed by atoms with Crippen molar-refractivity contribution >= 4 is 17.4 Å². The maximum absolute atomic E-state index is 12.6. The van der Waals surface area contributed by atoms with Crippen molar-refractivity contribution in [2.45, 2.75) is 24.0 Å². The van der Waals surface area contributed by atoms with E-state index in [1.165, 1.54) is 17.8 Å². The normalized spacial score (nSPS) is 17.1. The van der Waals surface area contributed by atoms with Gasteiger partial charge in [0.15, 0.2) is 11.5 Å². The summed E-state index contributed by atoms with van der Waals surface area (Å²) in [7, 11) is 0. The highest BCUT2D eigenvalue weighted by Gasteiger charge is 2.30. The molecule has 0 spiro atoms. The number of halogens is 3. The van der Waals surface area contributed by atoms with Crippen LogP contribution < -0.4 is 14.4 Å². The Labute approximate surface area is 184 Å². The summed E-state index contributed by atoms with van der Waals surface area (Å²) >= 11 is 1.51. The zero-order valence-corrected chi connectivity index (χ0v) is 18.1. The fraction of sp³-hybridized carbons (Fsp3) is 0.500. The van der Waals surface area contributed by atoms with Crippen LogP contribution in [0.2, 0.25) is 0 Å². The molecule has 1 aromatic heterocycles. The lowest BCUT2D eigenvalue weighted by atomic mass is 10.2. The second kappa shape index (κ2) is 9.99. The number of hydrogen-bond acceptors (Lipinski definition) is 6. The van der Waals surface area contributed by atoms with Crippen molar-refractivity contribution in [3.05, 3.63) is 42.1 Å². The van der Waals surface area contributed by atoms with E-state index in [4.69, 9.17) is 9.47 Å². The number of thioether (sulfide) groups is 1. The van der Waals surface area contributed by atoms with E-state index in [-0.39, 0.29) is 0 Å². The third-order valence-corrected chi connectivity index (χ3v) is 6.47. The van der Waals surface area contributed by atoms with Crippen LogP contribution in [0.25, 0.3) is 0 Å². The van der Waals surface area contributed by atoms with Gasteiger partial charge in [-0.1, -0.05) is 6.07 Å². The number of aromatic nitrogens is 1. The van der Waals surface area contributed by atoms with Crippen LogP contribution in [0.5, 0.6) is 11.5 Å². The second-order valence-electron chi connectivity index (χ2n) is 7.57. The number of benzene rings is 1. The van der Waals surface area contributed by atoms with Crippen molar-refractivity contribution in [1.29, 1.82) is 0 Å². The van der Waals surface area contributed by atoms with Crippen LogP contribution in [0.15, 0.2) is 41.6 Å². The highest BCUT2D eigenvalue weighted by Crippen LogP contribution is 2.39. The van der Waals surface area contributed by atoms with Gasteiger partial charge in [0.25, 0.3) is 0 Å². The molecule has 0 aliphatic carbocycles. The smallest absolute Gasteiger partial charge is 0.417 e. The largest absolute Gasteiger partial charge is 0.486 e. The van der Waals surface area contributed by atoms with Crippen LogP contribution in [-0.4, -0.2) is 61.6 Å². The fourth-order valence-corrected chi connectivity index (χ4v) is 4.62. The highest BCUT2D eigenvalue weighted by molar-refractivity contribution is 7.99. The maximum Gasteiger partial charge on any atom is 0.417 e. The minimum Gasteiger partial charge on any atom is -0.486 e. The van der Waals surface area contributed by atoms with Gasteiger partial charge in [-0.3, -0.25) is 4.90 Å². The fourth-order valence-electron chi connectivity index (χ4n) is 3.77. The van der Waals surface area contributed by atoms with E-state index in [1.54, 1.807) is 0 Å². The number of pyridine rings is 1. The molecule has 1 fully saturated rings. The van der Waals surface area contributed by atoms with Crippen molar-refractivity contribution < 1.29 is 22.6 Å². The Morgan fingerprint density at radius 2 is 1.77 bits per heavy atom. The molecule has 5 nitrogen and oxygen atoms in total. The Balaban J connectivity index is 1.15. The summed E-state index contributed by atoms with van der Waals surface area (Å²) < 4.78 is 49.3. The van der Waals surface area contributed by atoms with E-state index in [0.29, 0.717) is 18.2 Å². The second-order valence-corrected chi connectivity index (χ2v) is 8.68. The van der Waals surface area contributed by atoms with Gasteiger partial charge >= 0.3 is 6.18 Å². The van der Waals surface area contributed by atoms with Crippen LogP contribution in [0, 0.1) is 0 Å². The van der Waals surface area contributed by atoms with Gasteiger partial charge in [0.1, 0.15) is 13.2 Å². The number of hydrogen-bond donors (Lipinski definition) is 0. The number of ether oxygens (including phenoxy) is 2. The van der Waals surface area contributed by atoms with Gasteiger partial charge in [-0.2, -0.15) is 13.2 Å². The third-order valence-electron chi connectivity index (χ3n) is 5.44. The van der Waals surface area contributed by atoms with E-state index in [0.717, 1.165) is 80.8 Å². The zero-order chi connectivity index (χ0) is 21.7. The molecule has 0 radical (unpaired) electrons. The molecule has 0 amide bonds. The molecule has 3 heterocycles. The predicted octanol–water partition coefficient (Wildman–Crippen LogP) is 4.57. The van der Waals surface area contributed by atoms with Crippen molar-refractivity contribution in [2.24, 2.45) is 0 Å². The molecule has 0 atom stereocenters. The average Bonchev–Trinajstić information content (AvgIpc) is 2.79. The minimum atomic E-state index is -4.33. The topological polar surface area (TPSA) is 37.8 Å². The monoisotopic (exact) mass is 453 g/mol. The lowest BCUT2D eigenvalue weighted by molar-refractivity contribution is -0.137. The van der Waals surface area contributed by atoms with Gasteiger partial charge < -0.3 is 14.4 Å². The SMILES string of the molecule is FC(F)(F)c1ccc(SCCCCN2CCN(c3cccc4c3OCCO4)CC2)nc1. The van der Waals surface area contributed by atoms with Gasteiger partial charge in [0, 0.05) is 32.4 Å². The van der Waals surface area contributed by atoms with Gasteiger partial charge in [0.05, 0.1) is 16.3 Å². The molecule has 1 aromatic carbocycles. The van der Waals surface area contributed by atoms with E-state index in [2.05, 4.69) is 20.9 Å². The Kier molecular flexibility index (Phi) is 7.12. The number of para-hydroxylation sites is 1. The van der Waals surface area contributed by atoms with Crippen molar-refractivity contribution in [2.75, 3.05) is 56.6 Å². The molecule has 31 heavy (non-hydrogen) atoms. The quantitative estimate of drug-likeness (QED) is 0.452. The number of anilines is 1. The van der Waals surface area contributed by atoms with Crippen molar-refractivity contribution in [1.82, 2.24) is 9.88 Å². The lowest BCUT2D eigenvalue weighted by Gasteiger charge is -2.37. The van der Waals surface area contributed by atoms with Gasteiger partial charge in [-0.25, -0.2) is 4.98 Å². The molecule has 0 unspecified atom stereocenters. The Bertz CT molecular complexity index is 856. The van der Waals surface area contributed by atoms with E-state index in [1.807, 2.05) is 12.1 Å². The molecule has 2 aliphatic heterocycles. The third kappa shape index (κ3) is 5.77. The van der Waals surface area contributed by atoms with Gasteiger partial charge in [-0.05, 0) is 49.4 Å². The number of fused-ring (bicyclic) bond motifs is 1. The summed E-state index contributed by atoms with van der Waals surface area (Å²) in [6.07, 6.45) is -1.36. The maximum atomic E-state index is 12.6. The molecule has 168 valence electrons. The van der Waals surface area contributed by atoms with Crippen LogP contribution in [0.3, 0.4) is 0 Å². The highest BCUT2D eigenvalue weighted by atomic mass is 32.2. The molecule has 2 aliphatic rings. The Hall–Kier alpha value is -2.13. The van der Waals surface area contributed by atoms with Gasteiger partial charge in [0.2, 0.25) is 0 Å². The first kappa shape index (κ1) is 22.1. The summed E-state index contributed by atoms with van der Waals surface area (Å²) in [5.41, 5.74) is 0.406. The molecule has 4 rings (SSSR count). The van der Waals surface area contributed by atoms with Crippen LogP contribution >= 0.6 is 11.8 Å². The summed E-state index contributed by atoms with van der Waals surface area (Å²) in [6.45, 7) is 6.10. The first-order valence-corrected chi connectivity index (χ1v) is 11.5. The van der Waals surface area contributed by atoms with Crippen molar-refractivity contribution in [3.8, 4) is 11.5 Å². The summed E-state index contributed by atoms with van der Waals surface area (Å²) in [6, 6.07) is 8.60. The van der Waals surface area contributed by atoms with Crippen molar-refractivity contribution in [3.63, 3.8) is 0 Å². The Morgan fingerprint density at radius 1 is 0.968 bits per heavy atom. The first-order chi connectivity index (χ1) is 15.0. The molecule has 9 heteroatoms. The van der Waals surface area contributed by atoms with E-state index in [9.17, 15) is 13.2 Å². The average molecular weight is 454 g/mol. The molecular formula is C22H26F3N3O2S. The molecular weight excluding hydrogens is 427 g/mol. The van der Waals surface area contributed by atoms with E-state index < -0.39 is 11.7 Å². The van der Waals surface area contributed by atoms with E-state index >= 15 is 0 Å². The van der Waals surface area contributed by atoms with Crippen LogP contribution in [-0.2, 0) is 6.18 Å². The van der Waals surface area contributed by atoms with Gasteiger partial charge in [-0.15, -0.1) is 11.8 Å². The standard InChI is InChI=1S/C22H26F3N3O2S/c23-22(24,25)17-6-7-20(26-16-17)31-15-2-1-8-27-9-11-28(12-10-27)18-4-3-5-19-21(18)30-14-13-29-19/h3-7,16H,1-2,8-15H2. The summed E-state index contributed by atoms with van der Waals surface area (Å²) in [5, 5.41) is 0.638. The van der Waals surface area contributed by atoms with Crippen LogP contribution in [0.4, 0.5) is 18.9 Å². The molecule has 2 aromatic rings. The number of nitrogens with zero attached hydrogens (tertiary/aromatic N) is 3. The number of rotatable bonds is 7. The molecule has 0 saturated carbocycles. The lowest BCUT2D eigenvalue weighted by Crippen LogP contribution is -2.46. The summed E-state index contributed by atoms with van der Waals surface area (Å²) in [5.74, 6) is 2.54. The predicted molar refractivity (Wildman–Crippen MR) is 115 cm³/mol. The number of unbranched alkanes of at least 4 members (excludes halogenated alkanes) is 1. The molecule has 1 saturated heterocycles. The Morgan fingerprint density at radius 3 is 2.52 bits per heavy atom. The molecule has 0 N–H and O–H groups in total.